The third-order valence-corrected chi connectivity index (χ3v) is 2.90. The van der Waals surface area contributed by atoms with Crippen molar-refractivity contribution in [3.05, 3.63) is 0 Å². The van der Waals surface area contributed by atoms with E-state index in [0.717, 1.165) is 6.04 Å². The first-order valence-corrected chi connectivity index (χ1v) is 5.12. The zero-order valence-electron chi connectivity index (χ0n) is 8.68. The van der Waals surface area contributed by atoms with Gasteiger partial charge in [-0.1, -0.05) is 33.1 Å². The number of nitrogens with zero attached hydrogens (tertiary/aromatic N) is 1. The molecule has 1 rings (SSSR count). The van der Waals surface area contributed by atoms with Gasteiger partial charge in [0.15, 0.2) is 0 Å². The Hall–Kier alpha value is 0.390. The molecule has 2 heteroatoms. The van der Waals surface area contributed by atoms with Gasteiger partial charge < -0.3 is 4.90 Å². The maximum absolute atomic E-state index is 2.61. The van der Waals surface area contributed by atoms with E-state index in [0.29, 0.717) is 0 Å². The summed E-state index contributed by atoms with van der Waals surface area (Å²) in [6.45, 7) is 7.03. The number of hydrogen-bond donors (Lipinski definition) is 0. The quantitative estimate of drug-likeness (QED) is 0.617. The normalized spacial score (nSPS) is 19.2. The maximum atomic E-state index is 2.61. The molecule has 1 aliphatic rings. The van der Waals surface area contributed by atoms with Crippen LogP contribution in [0.25, 0.3) is 0 Å². The summed E-state index contributed by atoms with van der Waals surface area (Å²) >= 11 is 0. The van der Waals surface area contributed by atoms with Crippen molar-refractivity contribution in [1.82, 2.24) is 4.90 Å². The highest BCUT2D eigenvalue weighted by atomic mass is 31.0. The summed E-state index contributed by atoms with van der Waals surface area (Å²) in [7, 11) is 0. The van der Waals surface area contributed by atoms with Crippen LogP contribution >= 0.6 is 9.90 Å². The molecule has 0 saturated heterocycles. The summed E-state index contributed by atoms with van der Waals surface area (Å²) in [5.74, 6) is 0. The van der Waals surface area contributed by atoms with Crippen LogP contribution in [0.2, 0.25) is 0 Å². The van der Waals surface area contributed by atoms with Crippen molar-refractivity contribution in [2.45, 2.75) is 52.0 Å². The van der Waals surface area contributed by atoms with Gasteiger partial charge in [0.05, 0.1) is 0 Å². The summed E-state index contributed by atoms with van der Waals surface area (Å²) in [5.41, 5.74) is 0. The standard InChI is InChI=1S/C10H21N.H3P/c1-3-11(4-2)10-8-6-5-7-9-10;/h10H,3-9H2,1-2H3;1H3. The predicted octanol–water partition coefficient (Wildman–Crippen LogP) is 2.72. The van der Waals surface area contributed by atoms with Gasteiger partial charge in [-0.3, -0.25) is 0 Å². The summed E-state index contributed by atoms with van der Waals surface area (Å²) in [4.78, 5) is 2.61. The van der Waals surface area contributed by atoms with Crippen LogP contribution in [0, 0.1) is 0 Å². The minimum absolute atomic E-state index is 0. The fraction of sp³-hybridized carbons (Fsp3) is 1.00. The zero-order valence-corrected chi connectivity index (χ0v) is 10.1. The van der Waals surface area contributed by atoms with Crippen molar-refractivity contribution < 1.29 is 0 Å². The van der Waals surface area contributed by atoms with Crippen LogP contribution in [-0.4, -0.2) is 24.0 Å². The summed E-state index contributed by atoms with van der Waals surface area (Å²) < 4.78 is 0. The molecular formula is C10H24NP. The zero-order chi connectivity index (χ0) is 8.10. The smallest absolute Gasteiger partial charge is 0.00950 e. The molecule has 0 aliphatic heterocycles. The second-order valence-corrected chi connectivity index (χ2v) is 3.51. The lowest BCUT2D eigenvalue weighted by Crippen LogP contribution is -2.36. The lowest BCUT2D eigenvalue weighted by molar-refractivity contribution is 0.172. The molecule has 0 aromatic rings. The fourth-order valence-electron chi connectivity index (χ4n) is 2.19. The molecule has 74 valence electrons. The van der Waals surface area contributed by atoms with E-state index in [2.05, 4.69) is 18.7 Å². The minimum Gasteiger partial charge on any atom is -0.301 e. The highest BCUT2D eigenvalue weighted by Gasteiger charge is 2.17. The SMILES string of the molecule is CCN(CC)C1CCCCC1.P. The van der Waals surface area contributed by atoms with Crippen molar-refractivity contribution in [3.8, 4) is 0 Å². The lowest BCUT2D eigenvalue weighted by Gasteiger charge is -2.32. The van der Waals surface area contributed by atoms with E-state index in [1.807, 2.05) is 0 Å². The summed E-state index contributed by atoms with van der Waals surface area (Å²) in [6, 6.07) is 0.916. The summed E-state index contributed by atoms with van der Waals surface area (Å²) in [5, 5.41) is 0. The molecule has 12 heavy (non-hydrogen) atoms. The molecule has 0 aromatic heterocycles. The Labute approximate surface area is 80.5 Å². The molecule has 1 saturated carbocycles. The second-order valence-electron chi connectivity index (χ2n) is 3.51. The van der Waals surface area contributed by atoms with Crippen LogP contribution in [0.3, 0.4) is 0 Å². The first kappa shape index (κ1) is 12.4. The number of rotatable bonds is 3. The van der Waals surface area contributed by atoms with Crippen molar-refractivity contribution >= 4 is 9.90 Å². The van der Waals surface area contributed by atoms with E-state index >= 15 is 0 Å². The molecule has 0 radical (unpaired) electrons. The Kier molecular flexibility index (Phi) is 7.08. The first-order valence-electron chi connectivity index (χ1n) is 5.12. The van der Waals surface area contributed by atoms with Crippen LogP contribution < -0.4 is 0 Å². The van der Waals surface area contributed by atoms with Gasteiger partial charge in [0, 0.05) is 6.04 Å². The van der Waals surface area contributed by atoms with Gasteiger partial charge in [0.2, 0.25) is 0 Å². The largest absolute Gasteiger partial charge is 0.301 e. The Morgan fingerprint density at radius 1 is 1.00 bits per heavy atom. The van der Waals surface area contributed by atoms with Crippen LogP contribution in [0.15, 0.2) is 0 Å². The molecule has 1 aliphatic carbocycles. The molecule has 0 heterocycles. The van der Waals surface area contributed by atoms with E-state index in [4.69, 9.17) is 0 Å². The third kappa shape index (κ3) is 3.41. The lowest BCUT2D eigenvalue weighted by atomic mass is 9.94. The van der Waals surface area contributed by atoms with Crippen LogP contribution in [0.1, 0.15) is 46.0 Å². The Morgan fingerprint density at radius 3 is 1.92 bits per heavy atom. The molecule has 1 nitrogen and oxygen atoms in total. The molecule has 1 atom stereocenters. The minimum atomic E-state index is 0. The molecule has 0 N–H and O–H groups in total. The average molecular weight is 189 g/mol. The van der Waals surface area contributed by atoms with Gasteiger partial charge in [-0.15, -0.1) is 0 Å². The van der Waals surface area contributed by atoms with Crippen molar-refractivity contribution in [1.29, 1.82) is 0 Å². The van der Waals surface area contributed by atoms with Crippen molar-refractivity contribution in [3.63, 3.8) is 0 Å². The highest BCUT2D eigenvalue weighted by molar-refractivity contribution is 6.92. The van der Waals surface area contributed by atoms with E-state index in [1.165, 1.54) is 45.2 Å². The molecular weight excluding hydrogens is 165 g/mol. The molecule has 1 fully saturated rings. The van der Waals surface area contributed by atoms with Gasteiger partial charge in [0.1, 0.15) is 0 Å². The maximum Gasteiger partial charge on any atom is 0.00950 e. The highest BCUT2D eigenvalue weighted by Crippen LogP contribution is 2.21. The van der Waals surface area contributed by atoms with E-state index < -0.39 is 0 Å². The summed E-state index contributed by atoms with van der Waals surface area (Å²) in [6.07, 6.45) is 7.28. The van der Waals surface area contributed by atoms with Crippen molar-refractivity contribution in [2.24, 2.45) is 0 Å². The predicted molar refractivity (Wildman–Crippen MR) is 60.9 cm³/mol. The first-order chi connectivity index (χ1) is 5.38. The van der Waals surface area contributed by atoms with Gasteiger partial charge in [-0.05, 0) is 25.9 Å². The van der Waals surface area contributed by atoms with E-state index in [9.17, 15) is 0 Å². The Balaban J connectivity index is 0.00000121. The topological polar surface area (TPSA) is 3.24 Å². The van der Waals surface area contributed by atoms with E-state index in [1.54, 1.807) is 0 Å². The second kappa shape index (κ2) is 6.86. The number of hydrogen-bond acceptors (Lipinski definition) is 1. The molecule has 0 bridgehead atoms. The van der Waals surface area contributed by atoms with E-state index in [-0.39, 0.29) is 9.90 Å². The molecule has 0 spiro atoms. The van der Waals surface area contributed by atoms with Crippen LogP contribution in [0.5, 0.6) is 0 Å². The van der Waals surface area contributed by atoms with Crippen LogP contribution in [-0.2, 0) is 0 Å². The fourth-order valence-corrected chi connectivity index (χ4v) is 2.19. The Morgan fingerprint density at radius 2 is 1.50 bits per heavy atom. The Bertz CT molecular complexity index is 96.0. The van der Waals surface area contributed by atoms with Crippen molar-refractivity contribution in [2.75, 3.05) is 13.1 Å². The molecule has 0 amide bonds. The molecule has 0 aromatic carbocycles. The van der Waals surface area contributed by atoms with Gasteiger partial charge in [-0.25, -0.2) is 0 Å². The van der Waals surface area contributed by atoms with Gasteiger partial charge >= 0.3 is 0 Å². The van der Waals surface area contributed by atoms with Crippen LogP contribution in [0.4, 0.5) is 0 Å². The van der Waals surface area contributed by atoms with Gasteiger partial charge in [-0.2, -0.15) is 9.90 Å². The van der Waals surface area contributed by atoms with Gasteiger partial charge in [0.25, 0.3) is 0 Å². The monoisotopic (exact) mass is 189 g/mol. The average Bonchev–Trinajstić information content (AvgIpc) is 2.09. The third-order valence-electron chi connectivity index (χ3n) is 2.90. The molecule has 1 unspecified atom stereocenters.